The average Bonchev–Trinajstić information content (AvgIpc) is 2.19. The summed E-state index contributed by atoms with van der Waals surface area (Å²) in [5.41, 5.74) is 0.541. The van der Waals surface area contributed by atoms with Crippen LogP contribution in [-0.4, -0.2) is 15.1 Å². The minimum absolute atomic E-state index is 0.0556. The molecule has 80 valence electrons. The fourth-order valence-electron chi connectivity index (χ4n) is 1.11. The fraction of sp³-hybridized carbons (Fsp3) is 0.200. The molecule has 1 aromatic carbocycles. The van der Waals surface area contributed by atoms with Gasteiger partial charge in [-0.05, 0) is 17.7 Å². The van der Waals surface area contributed by atoms with E-state index in [1.165, 1.54) is 24.3 Å². The van der Waals surface area contributed by atoms with Crippen molar-refractivity contribution in [1.82, 2.24) is 0 Å². The summed E-state index contributed by atoms with van der Waals surface area (Å²) in [4.78, 5) is 10.0. The minimum atomic E-state index is -0.468. The number of hydrogen-bond acceptors (Lipinski definition) is 4. The highest BCUT2D eigenvalue weighted by Gasteiger charge is 2.08. The van der Waals surface area contributed by atoms with Crippen molar-refractivity contribution in [2.45, 2.75) is 13.3 Å². The normalized spacial score (nSPS) is 11.4. The SMILES string of the molecule is CCC(=Cc1ccc(O)c(O)c1)[N+](=O)[O-]. The highest BCUT2D eigenvalue weighted by atomic mass is 16.6. The van der Waals surface area contributed by atoms with Gasteiger partial charge in [0.2, 0.25) is 5.70 Å². The molecule has 0 aliphatic heterocycles. The third kappa shape index (κ3) is 2.70. The lowest BCUT2D eigenvalue weighted by atomic mass is 10.1. The van der Waals surface area contributed by atoms with Gasteiger partial charge in [-0.1, -0.05) is 13.0 Å². The maximum atomic E-state index is 10.5. The Labute approximate surface area is 86.4 Å². The van der Waals surface area contributed by atoms with Crippen molar-refractivity contribution in [3.05, 3.63) is 39.6 Å². The second-order valence-electron chi connectivity index (χ2n) is 2.99. The molecule has 0 aliphatic rings. The van der Waals surface area contributed by atoms with Crippen LogP contribution in [0.4, 0.5) is 0 Å². The van der Waals surface area contributed by atoms with Gasteiger partial charge in [0.25, 0.3) is 0 Å². The van der Waals surface area contributed by atoms with Crippen LogP contribution in [0.3, 0.4) is 0 Å². The van der Waals surface area contributed by atoms with E-state index in [1.807, 2.05) is 0 Å². The van der Waals surface area contributed by atoms with E-state index in [9.17, 15) is 15.2 Å². The van der Waals surface area contributed by atoms with Crippen molar-refractivity contribution in [2.24, 2.45) is 0 Å². The molecule has 0 aromatic heterocycles. The minimum Gasteiger partial charge on any atom is -0.504 e. The number of nitro groups is 1. The number of nitrogens with zero attached hydrogens (tertiary/aromatic N) is 1. The first-order valence-electron chi connectivity index (χ1n) is 4.41. The van der Waals surface area contributed by atoms with E-state index in [4.69, 9.17) is 5.11 Å². The van der Waals surface area contributed by atoms with Gasteiger partial charge >= 0.3 is 0 Å². The predicted molar refractivity (Wildman–Crippen MR) is 55.0 cm³/mol. The smallest absolute Gasteiger partial charge is 0.246 e. The predicted octanol–water partition coefficient (Wildman–Crippen LogP) is 2.13. The van der Waals surface area contributed by atoms with E-state index in [2.05, 4.69) is 0 Å². The van der Waals surface area contributed by atoms with Crippen LogP contribution in [0.2, 0.25) is 0 Å². The standard InChI is InChI=1S/C10H11NO4/c1-2-8(11(14)15)5-7-3-4-9(12)10(13)6-7/h3-6,12-13H,2H2,1H3. The van der Waals surface area contributed by atoms with Crippen LogP contribution in [0, 0.1) is 10.1 Å². The summed E-state index contributed by atoms with van der Waals surface area (Å²) in [7, 11) is 0. The molecular formula is C10H11NO4. The van der Waals surface area contributed by atoms with Crippen LogP contribution in [0.5, 0.6) is 11.5 Å². The molecule has 1 aromatic rings. The molecule has 0 saturated heterocycles. The monoisotopic (exact) mass is 209 g/mol. The van der Waals surface area contributed by atoms with Gasteiger partial charge in [0.05, 0.1) is 4.92 Å². The van der Waals surface area contributed by atoms with Crippen LogP contribution < -0.4 is 0 Å². The Morgan fingerprint density at radius 2 is 2.13 bits per heavy atom. The third-order valence-electron chi connectivity index (χ3n) is 1.93. The highest BCUT2D eigenvalue weighted by molar-refractivity contribution is 5.56. The van der Waals surface area contributed by atoms with E-state index in [-0.39, 0.29) is 17.2 Å². The Bertz CT molecular complexity index is 412. The fourth-order valence-corrected chi connectivity index (χ4v) is 1.11. The van der Waals surface area contributed by atoms with Crippen molar-refractivity contribution >= 4 is 6.08 Å². The van der Waals surface area contributed by atoms with Crippen LogP contribution in [0.15, 0.2) is 23.9 Å². The van der Waals surface area contributed by atoms with Gasteiger partial charge in [0, 0.05) is 12.5 Å². The topological polar surface area (TPSA) is 83.6 Å². The molecule has 0 aliphatic carbocycles. The second-order valence-corrected chi connectivity index (χ2v) is 2.99. The summed E-state index contributed by atoms with van der Waals surface area (Å²) >= 11 is 0. The van der Waals surface area contributed by atoms with E-state index in [0.29, 0.717) is 12.0 Å². The summed E-state index contributed by atoms with van der Waals surface area (Å²) in [6.07, 6.45) is 1.66. The molecule has 5 nitrogen and oxygen atoms in total. The maximum absolute atomic E-state index is 10.5. The van der Waals surface area contributed by atoms with Crippen molar-refractivity contribution in [3.8, 4) is 11.5 Å². The van der Waals surface area contributed by atoms with Crippen LogP contribution in [-0.2, 0) is 0 Å². The zero-order chi connectivity index (χ0) is 11.4. The van der Waals surface area contributed by atoms with Crippen LogP contribution >= 0.6 is 0 Å². The lowest BCUT2D eigenvalue weighted by Gasteiger charge is -1.99. The maximum Gasteiger partial charge on any atom is 0.246 e. The Hall–Kier alpha value is -2.04. The zero-order valence-corrected chi connectivity index (χ0v) is 8.17. The summed E-state index contributed by atoms with van der Waals surface area (Å²) in [5, 5.41) is 28.7. The van der Waals surface area contributed by atoms with Crippen LogP contribution in [0.1, 0.15) is 18.9 Å². The van der Waals surface area contributed by atoms with Crippen LogP contribution in [0.25, 0.3) is 6.08 Å². The number of aromatic hydroxyl groups is 2. The Morgan fingerprint density at radius 1 is 1.47 bits per heavy atom. The number of hydrogen-bond donors (Lipinski definition) is 2. The number of phenols is 2. The van der Waals surface area contributed by atoms with E-state index in [0.717, 1.165) is 0 Å². The van der Waals surface area contributed by atoms with Crippen molar-refractivity contribution in [1.29, 1.82) is 0 Å². The molecule has 0 fully saturated rings. The average molecular weight is 209 g/mol. The summed E-state index contributed by atoms with van der Waals surface area (Å²) in [6, 6.07) is 4.05. The van der Waals surface area contributed by atoms with Gasteiger partial charge in [-0.2, -0.15) is 0 Å². The number of phenolic OH excluding ortho intramolecular Hbond substituents is 2. The molecule has 0 saturated carbocycles. The summed E-state index contributed by atoms with van der Waals surface area (Å²) in [5.74, 6) is -0.533. The molecule has 0 radical (unpaired) electrons. The first-order chi connectivity index (χ1) is 7.04. The van der Waals surface area contributed by atoms with E-state index in [1.54, 1.807) is 6.92 Å². The molecular weight excluding hydrogens is 198 g/mol. The van der Waals surface area contributed by atoms with Gasteiger partial charge in [0.1, 0.15) is 0 Å². The van der Waals surface area contributed by atoms with Gasteiger partial charge in [0.15, 0.2) is 11.5 Å². The van der Waals surface area contributed by atoms with Gasteiger partial charge in [-0.15, -0.1) is 0 Å². The molecule has 2 N–H and O–H groups in total. The molecule has 5 heteroatoms. The first kappa shape index (κ1) is 11.0. The molecule has 15 heavy (non-hydrogen) atoms. The highest BCUT2D eigenvalue weighted by Crippen LogP contribution is 2.26. The largest absolute Gasteiger partial charge is 0.504 e. The molecule has 0 bridgehead atoms. The number of allylic oxidation sites excluding steroid dienone is 1. The Morgan fingerprint density at radius 3 is 2.60 bits per heavy atom. The van der Waals surface area contributed by atoms with Gasteiger partial charge < -0.3 is 10.2 Å². The molecule has 1 rings (SSSR count). The molecule has 0 atom stereocenters. The molecule has 0 spiro atoms. The summed E-state index contributed by atoms with van der Waals surface area (Å²) in [6.45, 7) is 1.68. The quantitative estimate of drug-likeness (QED) is 0.453. The van der Waals surface area contributed by atoms with E-state index >= 15 is 0 Å². The molecule has 0 heterocycles. The summed E-state index contributed by atoms with van der Waals surface area (Å²) < 4.78 is 0. The number of benzene rings is 1. The lowest BCUT2D eigenvalue weighted by Crippen LogP contribution is -1.96. The lowest BCUT2D eigenvalue weighted by molar-refractivity contribution is -0.425. The van der Waals surface area contributed by atoms with Crippen molar-refractivity contribution in [2.75, 3.05) is 0 Å². The first-order valence-corrected chi connectivity index (χ1v) is 4.41. The van der Waals surface area contributed by atoms with Gasteiger partial charge in [-0.3, -0.25) is 10.1 Å². The number of rotatable bonds is 3. The zero-order valence-electron chi connectivity index (χ0n) is 8.17. The molecule has 0 amide bonds. The molecule has 0 unspecified atom stereocenters. The van der Waals surface area contributed by atoms with E-state index < -0.39 is 4.92 Å². The van der Waals surface area contributed by atoms with Gasteiger partial charge in [-0.25, -0.2) is 0 Å². The van der Waals surface area contributed by atoms with Crippen molar-refractivity contribution < 1.29 is 15.1 Å². The Balaban J connectivity index is 3.07. The Kier molecular flexibility index (Phi) is 3.28. The second kappa shape index (κ2) is 4.45. The van der Waals surface area contributed by atoms with Crippen molar-refractivity contribution in [3.63, 3.8) is 0 Å². The third-order valence-corrected chi connectivity index (χ3v) is 1.93.